The van der Waals surface area contributed by atoms with E-state index in [9.17, 15) is 19.3 Å². The molecule has 0 atom stereocenters. The van der Waals surface area contributed by atoms with Gasteiger partial charge in [-0.15, -0.1) is 0 Å². The van der Waals surface area contributed by atoms with Gasteiger partial charge in [-0.25, -0.2) is 4.39 Å². The Kier molecular flexibility index (Phi) is 4.69. The zero-order valence-electron chi connectivity index (χ0n) is 10.2. The van der Waals surface area contributed by atoms with Gasteiger partial charge in [-0.3, -0.25) is 14.9 Å². The number of ether oxygens (including phenoxy) is 1. The summed E-state index contributed by atoms with van der Waals surface area (Å²) in [5.74, 6) is -0.913. The Labute approximate surface area is 135 Å². The van der Waals surface area contributed by atoms with Crippen LogP contribution < -0.4 is 4.74 Å². The van der Waals surface area contributed by atoms with Gasteiger partial charge in [0.15, 0.2) is 6.29 Å². The van der Waals surface area contributed by atoms with Crippen molar-refractivity contribution >= 4 is 43.8 Å². The van der Waals surface area contributed by atoms with Gasteiger partial charge >= 0.3 is 5.69 Å². The second-order valence-electron chi connectivity index (χ2n) is 3.89. The fourth-order valence-electron chi connectivity index (χ4n) is 1.55. The largest absolute Gasteiger partial charge is 0.449 e. The van der Waals surface area contributed by atoms with Crippen LogP contribution in [-0.4, -0.2) is 11.2 Å². The molecule has 2 aromatic rings. The molecule has 5 nitrogen and oxygen atoms in total. The number of nitro groups is 1. The first-order valence-electron chi connectivity index (χ1n) is 5.48. The van der Waals surface area contributed by atoms with E-state index >= 15 is 0 Å². The maximum Gasteiger partial charge on any atom is 0.312 e. The second kappa shape index (κ2) is 6.31. The minimum Gasteiger partial charge on any atom is -0.449 e. The maximum atomic E-state index is 13.6. The first-order chi connectivity index (χ1) is 9.92. The second-order valence-corrected chi connectivity index (χ2v) is 5.66. The van der Waals surface area contributed by atoms with Crippen LogP contribution in [0.2, 0.25) is 0 Å². The Morgan fingerprint density at radius 2 is 1.90 bits per heavy atom. The Balaban J connectivity index is 2.53. The highest BCUT2D eigenvalue weighted by Crippen LogP contribution is 2.37. The lowest BCUT2D eigenvalue weighted by molar-refractivity contribution is -0.385. The Hall–Kier alpha value is -1.80. The summed E-state index contributed by atoms with van der Waals surface area (Å²) in [4.78, 5) is 21.3. The van der Waals surface area contributed by atoms with Crippen LogP contribution in [-0.2, 0) is 0 Å². The molecular formula is C13H6Br2FNO4. The van der Waals surface area contributed by atoms with Crippen LogP contribution in [0.1, 0.15) is 10.4 Å². The first kappa shape index (κ1) is 15.6. The minimum atomic E-state index is -0.710. The number of benzene rings is 2. The van der Waals surface area contributed by atoms with Gasteiger partial charge in [-0.1, -0.05) is 15.9 Å². The monoisotopic (exact) mass is 417 g/mol. The number of nitro benzene ring substituents is 1. The number of rotatable bonds is 4. The van der Waals surface area contributed by atoms with E-state index in [0.717, 1.165) is 12.1 Å². The number of aldehydes is 1. The summed E-state index contributed by atoms with van der Waals surface area (Å²) in [7, 11) is 0. The van der Waals surface area contributed by atoms with Gasteiger partial charge in [-0.05, 0) is 34.1 Å². The molecule has 0 aromatic heterocycles. The van der Waals surface area contributed by atoms with E-state index in [1.807, 2.05) is 0 Å². The summed E-state index contributed by atoms with van der Waals surface area (Å²) in [6, 6.07) is 6.45. The lowest BCUT2D eigenvalue weighted by Gasteiger charge is -2.09. The lowest BCUT2D eigenvalue weighted by atomic mass is 10.2. The summed E-state index contributed by atoms with van der Waals surface area (Å²) in [5, 5.41) is 11.0. The van der Waals surface area contributed by atoms with Crippen LogP contribution in [0, 0.1) is 15.9 Å². The van der Waals surface area contributed by atoms with Crippen LogP contribution in [0.4, 0.5) is 10.1 Å². The van der Waals surface area contributed by atoms with Gasteiger partial charge in [0.25, 0.3) is 0 Å². The maximum absolute atomic E-state index is 13.6. The van der Waals surface area contributed by atoms with Crippen molar-refractivity contribution in [3.8, 4) is 11.5 Å². The highest BCUT2D eigenvalue weighted by atomic mass is 79.9. The molecule has 21 heavy (non-hydrogen) atoms. The third-order valence-corrected chi connectivity index (χ3v) is 3.62. The average Bonchev–Trinajstić information content (AvgIpc) is 2.42. The highest BCUT2D eigenvalue weighted by molar-refractivity contribution is 9.10. The fourth-order valence-corrected chi connectivity index (χ4v) is 2.23. The topological polar surface area (TPSA) is 69.4 Å². The van der Waals surface area contributed by atoms with Crippen LogP contribution in [0.15, 0.2) is 39.3 Å². The first-order valence-corrected chi connectivity index (χ1v) is 7.07. The van der Waals surface area contributed by atoms with E-state index in [-0.39, 0.29) is 21.5 Å². The van der Waals surface area contributed by atoms with Crippen LogP contribution >= 0.6 is 31.9 Å². The Morgan fingerprint density at radius 3 is 2.52 bits per heavy atom. The molecule has 0 bridgehead atoms. The Morgan fingerprint density at radius 1 is 1.19 bits per heavy atom. The fraction of sp³-hybridized carbons (Fsp3) is 0. The zero-order valence-corrected chi connectivity index (χ0v) is 13.4. The van der Waals surface area contributed by atoms with E-state index in [2.05, 4.69) is 31.9 Å². The van der Waals surface area contributed by atoms with E-state index in [4.69, 9.17) is 4.74 Å². The third-order valence-electron chi connectivity index (χ3n) is 2.52. The molecule has 0 aliphatic rings. The SMILES string of the molecule is O=Cc1ccc(Br)cc1Oc1cc(F)c(Br)cc1[N+](=O)[O-]. The van der Waals surface area contributed by atoms with Crippen molar-refractivity contribution in [2.45, 2.75) is 0 Å². The molecule has 108 valence electrons. The number of hydrogen-bond acceptors (Lipinski definition) is 4. The highest BCUT2D eigenvalue weighted by Gasteiger charge is 2.20. The molecule has 0 aliphatic carbocycles. The summed E-state index contributed by atoms with van der Waals surface area (Å²) >= 11 is 6.08. The Bertz CT molecular complexity index is 736. The smallest absolute Gasteiger partial charge is 0.312 e. The molecule has 8 heteroatoms. The number of halogens is 3. The predicted octanol–water partition coefficient (Wildman–Crippen LogP) is 4.86. The molecule has 0 spiro atoms. The van der Waals surface area contributed by atoms with E-state index in [0.29, 0.717) is 10.8 Å². The molecule has 0 fully saturated rings. The minimum absolute atomic E-state index is 0.0496. The lowest BCUT2D eigenvalue weighted by Crippen LogP contribution is -1.97. The molecule has 0 saturated carbocycles. The number of carbonyl (C=O) groups excluding carboxylic acids is 1. The number of hydrogen-bond donors (Lipinski definition) is 0. The standard InChI is InChI=1S/C13H6Br2FNO4/c14-8-2-1-7(6-18)12(3-8)21-13-5-10(16)9(15)4-11(13)17(19)20/h1-6H. The average molecular weight is 419 g/mol. The van der Waals surface area contributed by atoms with Gasteiger partial charge in [0.05, 0.1) is 15.0 Å². The molecule has 0 radical (unpaired) electrons. The quantitative estimate of drug-likeness (QED) is 0.403. The molecule has 0 saturated heterocycles. The van der Waals surface area contributed by atoms with Gasteiger partial charge in [0.1, 0.15) is 11.6 Å². The number of carbonyl (C=O) groups is 1. The molecule has 0 amide bonds. The molecule has 0 unspecified atom stereocenters. The van der Waals surface area contributed by atoms with Gasteiger partial charge in [-0.2, -0.15) is 0 Å². The predicted molar refractivity (Wildman–Crippen MR) is 80.4 cm³/mol. The van der Waals surface area contributed by atoms with Crippen LogP contribution in [0.25, 0.3) is 0 Å². The van der Waals surface area contributed by atoms with Gasteiger partial charge in [0, 0.05) is 16.6 Å². The van der Waals surface area contributed by atoms with Crippen molar-refractivity contribution in [2.75, 3.05) is 0 Å². The molecular weight excluding hydrogens is 413 g/mol. The molecule has 0 heterocycles. The van der Waals surface area contributed by atoms with Crippen molar-refractivity contribution in [1.82, 2.24) is 0 Å². The summed E-state index contributed by atoms with van der Waals surface area (Å²) in [6.07, 6.45) is 0.544. The van der Waals surface area contributed by atoms with Crippen LogP contribution in [0.5, 0.6) is 11.5 Å². The van der Waals surface area contributed by atoms with Gasteiger partial charge in [0.2, 0.25) is 5.75 Å². The van der Waals surface area contributed by atoms with E-state index in [1.54, 1.807) is 6.07 Å². The zero-order chi connectivity index (χ0) is 15.6. The van der Waals surface area contributed by atoms with Crippen molar-refractivity contribution in [3.63, 3.8) is 0 Å². The van der Waals surface area contributed by atoms with Crippen LogP contribution in [0.3, 0.4) is 0 Å². The van der Waals surface area contributed by atoms with Crippen molar-refractivity contribution in [3.05, 3.63) is 60.8 Å². The molecule has 2 rings (SSSR count). The van der Waals surface area contributed by atoms with Crippen molar-refractivity contribution in [2.24, 2.45) is 0 Å². The molecule has 0 aliphatic heterocycles. The van der Waals surface area contributed by atoms with Crippen molar-refractivity contribution < 1.29 is 18.8 Å². The molecule has 2 aromatic carbocycles. The third kappa shape index (κ3) is 3.45. The molecule has 0 N–H and O–H groups in total. The summed E-state index contributed by atoms with van der Waals surface area (Å²) < 4.78 is 19.5. The normalized spacial score (nSPS) is 10.2. The summed E-state index contributed by atoms with van der Waals surface area (Å²) in [6.45, 7) is 0. The van der Waals surface area contributed by atoms with E-state index in [1.165, 1.54) is 12.1 Å². The summed E-state index contributed by atoms with van der Waals surface area (Å²) in [5.41, 5.74) is -0.226. The van der Waals surface area contributed by atoms with Gasteiger partial charge < -0.3 is 4.74 Å². The van der Waals surface area contributed by atoms with Crippen molar-refractivity contribution in [1.29, 1.82) is 0 Å². The van der Waals surface area contributed by atoms with E-state index < -0.39 is 16.4 Å². The number of nitrogens with zero attached hydrogens (tertiary/aromatic N) is 1.